The Bertz CT molecular complexity index is 1390. The molecule has 0 fully saturated rings. The highest BCUT2D eigenvalue weighted by Gasteiger charge is 2.26. The third kappa shape index (κ3) is 4.39. The average Bonchev–Trinajstić information content (AvgIpc) is 2.77. The van der Waals surface area contributed by atoms with Gasteiger partial charge >= 0.3 is 5.97 Å². The number of ketones is 1. The number of hydrogen-bond donors (Lipinski definition) is 2. The zero-order chi connectivity index (χ0) is 22.9. The molecule has 0 bridgehead atoms. The van der Waals surface area contributed by atoms with Crippen LogP contribution in [0.2, 0.25) is 0 Å². The lowest BCUT2D eigenvalue weighted by Crippen LogP contribution is -2.22. The predicted molar refractivity (Wildman–Crippen MR) is 124 cm³/mol. The van der Waals surface area contributed by atoms with E-state index in [0.29, 0.717) is 16.8 Å². The number of hydrogen-bond acceptors (Lipinski definition) is 5. The fourth-order valence-corrected chi connectivity index (χ4v) is 4.40. The summed E-state index contributed by atoms with van der Waals surface area (Å²) in [6.07, 6.45) is 1.38. The maximum Gasteiger partial charge on any atom is 0.335 e. The molecule has 0 unspecified atom stereocenters. The van der Waals surface area contributed by atoms with Gasteiger partial charge in [0.25, 0.3) is 10.0 Å². The molecule has 3 aromatic carbocycles. The zero-order valence-electron chi connectivity index (χ0n) is 16.3. The van der Waals surface area contributed by atoms with E-state index in [9.17, 15) is 18.0 Å². The molecule has 0 aromatic heterocycles. The Morgan fingerprint density at radius 2 is 1.53 bits per heavy atom. The van der Waals surface area contributed by atoms with Crippen LogP contribution < -0.4 is 5.32 Å². The first-order valence-electron chi connectivity index (χ1n) is 9.31. The molecule has 3 aromatic rings. The third-order valence-electron chi connectivity index (χ3n) is 4.71. The average molecular weight is 511 g/mol. The number of rotatable bonds is 5. The first kappa shape index (κ1) is 21.7. The number of carboxylic acids is 1. The molecule has 7 nitrogen and oxygen atoms in total. The Kier molecular flexibility index (Phi) is 5.77. The van der Waals surface area contributed by atoms with Crippen LogP contribution in [0.15, 0.2) is 98.3 Å². The number of halogens is 1. The Morgan fingerprint density at radius 1 is 0.906 bits per heavy atom. The summed E-state index contributed by atoms with van der Waals surface area (Å²) in [5.41, 5.74) is 1.54. The van der Waals surface area contributed by atoms with Gasteiger partial charge in [0.05, 0.1) is 21.9 Å². The highest BCUT2D eigenvalue weighted by atomic mass is 79.9. The van der Waals surface area contributed by atoms with Gasteiger partial charge in [-0.1, -0.05) is 40.2 Å². The van der Waals surface area contributed by atoms with E-state index < -0.39 is 16.0 Å². The minimum absolute atomic E-state index is 0.0229. The molecule has 4 rings (SSSR count). The number of benzene rings is 3. The van der Waals surface area contributed by atoms with E-state index in [1.165, 1.54) is 42.5 Å². The second-order valence-corrected chi connectivity index (χ2v) is 9.37. The predicted octanol–water partition coefficient (Wildman–Crippen LogP) is 4.52. The number of fused-ring (bicyclic) bond motifs is 1. The number of sulfonamides is 1. The SMILES string of the molecule is O=C(O)c1ccc(NC2=CC(=NS(=O)(=O)c3ccc(Br)cc3)c3ccccc3C2=O)cc1. The number of carbonyl (C=O) groups excluding carboxylic acids is 1. The monoisotopic (exact) mass is 510 g/mol. The van der Waals surface area contributed by atoms with Crippen molar-refractivity contribution < 1.29 is 23.1 Å². The Hall–Kier alpha value is -3.56. The normalized spacial score (nSPS) is 14.6. The molecule has 9 heteroatoms. The Balaban J connectivity index is 1.76. The van der Waals surface area contributed by atoms with Crippen LogP contribution >= 0.6 is 15.9 Å². The van der Waals surface area contributed by atoms with E-state index in [-0.39, 0.29) is 27.7 Å². The van der Waals surface area contributed by atoms with Crippen LogP contribution in [0.5, 0.6) is 0 Å². The summed E-state index contributed by atoms with van der Waals surface area (Å²) in [5, 5.41) is 12.0. The van der Waals surface area contributed by atoms with Crippen molar-refractivity contribution in [3.05, 3.63) is 106 Å². The van der Waals surface area contributed by atoms with Gasteiger partial charge in [0, 0.05) is 21.3 Å². The zero-order valence-corrected chi connectivity index (χ0v) is 18.7. The van der Waals surface area contributed by atoms with Crippen LogP contribution in [0.25, 0.3) is 0 Å². The lowest BCUT2D eigenvalue weighted by molar-refractivity contribution is 0.0696. The number of aromatic carboxylic acids is 1. The molecule has 0 radical (unpaired) electrons. The molecule has 0 atom stereocenters. The lowest BCUT2D eigenvalue weighted by atomic mass is 9.92. The second-order valence-electron chi connectivity index (χ2n) is 6.85. The minimum Gasteiger partial charge on any atom is -0.478 e. The Morgan fingerprint density at radius 3 is 2.16 bits per heavy atom. The number of nitrogens with zero attached hydrogens (tertiary/aromatic N) is 1. The molecule has 32 heavy (non-hydrogen) atoms. The molecule has 0 spiro atoms. The van der Waals surface area contributed by atoms with Gasteiger partial charge in [-0.05, 0) is 54.6 Å². The molecule has 1 aliphatic carbocycles. The lowest BCUT2D eigenvalue weighted by Gasteiger charge is -2.19. The molecule has 0 heterocycles. The number of carboxylic acid groups (broad SMARTS) is 1. The van der Waals surface area contributed by atoms with E-state index >= 15 is 0 Å². The number of nitrogens with one attached hydrogen (secondary N) is 1. The van der Waals surface area contributed by atoms with Gasteiger partial charge < -0.3 is 10.4 Å². The van der Waals surface area contributed by atoms with E-state index in [0.717, 1.165) is 4.47 Å². The van der Waals surface area contributed by atoms with Crippen LogP contribution in [0.3, 0.4) is 0 Å². The summed E-state index contributed by atoms with van der Waals surface area (Å²) in [6.45, 7) is 0. The van der Waals surface area contributed by atoms with Crippen LogP contribution in [0, 0.1) is 0 Å². The van der Waals surface area contributed by atoms with Gasteiger partial charge in [0.15, 0.2) is 0 Å². The van der Waals surface area contributed by atoms with Gasteiger partial charge in [-0.25, -0.2) is 4.79 Å². The van der Waals surface area contributed by atoms with Crippen LogP contribution in [0.1, 0.15) is 26.3 Å². The summed E-state index contributed by atoms with van der Waals surface area (Å²) in [5.74, 6) is -1.39. The van der Waals surface area contributed by atoms with Crippen molar-refractivity contribution in [1.82, 2.24) is 0 Å². The molecule has 0 aliphatic heterocycles. The standard InChI is InChI=1S/C23H15BrN2O5S/c24-15-7-11-17(12-8-15)32(30,31)26-20-13-21(22(27)19-4-2-1-3-18(19)20)25-16-9-5-14(6-10-16)23(28)29/h1-13,25H,(H,28,29). The van der Waals surface area contributed by atoms with Gasteiger partial charge in [-0.15, -0.1) is 0 Å². The molecular formula is C23H15BrN2O5S. The first-order valence-corrected chi connectivity index (χ1v) is 11.5. The topological polar surface area (TPSA) is 113 Å². The minimum atomic E-state index is -4.03. The quantitative estimate of drug-likeness (QED) is 0.521. The van der Waals surface area contributed by atoms with Crippen LogP contribution in [-0.2, 0) is 10.0 Å². The fourth-order valence-electron chi connectivity index (χ4n) is 3.14. The number of carbonyl (C=O) groups is 2. The largest absolute Gasteiger partial charge is 0.478 e. The highest BCUT2D eigenvalue weighted by Crippen LogP contribution is 2.25. The molecule has 2 N–H and O–H groups in total. The van der Waals surface area contributed by atoms with E-state index in [2.05, 4.69) is 25.6 Å². The van der Waals surface area contributed by atoms with Crippen molar-refractivity contribution in [2.45, 2.75) is 4.90 Å². The maximum absolute atomic E-state index is 13.0. The number of Topliss-reactive ketones (excluding diaryl/α,β-unsaturated/α-hetero) is 1. The van der Waals surface area contributed by atoms with Crippen LogP contribution in [0.4, 0.5) is 5.69 Å². The summed E-state index contributed by atoms with van der Waals surface area (Å²) < 4.78 is 30.5. The van der Waals surface area contributed by atoms with Gasteiger partial charge in [-0.2, -0.15) is 12.8 Å². The van der Waals surface area contributed by atoms with E-state index in [1.54, 1.807) is 36.4 Å². The summed E-state index contributed by atoms with van der Waals surface area (Å²) in [4.78, 5) is 24.0. The van der Waals surface area contributed by atoms with Gasteiger partial charge in [-0.3, -0.25) is 4.79 Å². The van der Waals surface area contributed by atoms with Crippen molar-refractivity contribution >= 4 is 49.1 Å². The summed E-state index contributed by atoms with van der Waals surface area (Å²) in [6, 6.07) is 18.6. The fraction of sp³-hybridized carbons (Fsp3) is 0. The molecule has 0 amide bonds. The van der Waals surface area contributed by atoms with Crippen molar-refractivity contribution in [2.75, 3.05) is 5.32 Å². The summed E-state index contributed by atoms with van der Waals surface area (Å²) in [7, 11) is -4.03. The van der Waals surface area contributed by atoms with Gasteiger partial charge in [0.1, 0.15) is 0 Å². The second kappa shape index (κ2) is 8.52. The van der Waals surface area contributed by atoms with E-state index in [4.69, 9.17) is 5.11 Å². The number of anilines is 1. The molecular weight excluding hydrogens is 496 g/mol. The molecule has 1 aliphatic rings. The van der Waals surface area contributed by atoms with E-state index in [1.807, 2.05) is 0 Å². The molecule has 0 saturated heterocycles. The van der Waals surface area contributed by atoms with Crippen LogP contribution in [-0.4, -0.2) is 31.0 Å². The molecule has 160 valence electrons. The third-order valence-corrected chi connectivity index (χ3v) is 6.55. The highest BCUT2D eigenvalue weighted by molar-refractivity contribution is 9.10. The smallest absolute Gasteiger partial charge is 0.335 e. The van der Waals surface area contributed by atoms with Crippen molar-refractivity contribution in [3.63, 3.8) is 0 Å². The Labute approximate surface area is 192 Å². The van der Waals surface area contributed by atoms with Crippen molar-refractivity contribution in [3.8, 4) is 0 Å². The van der Waals surface area contributed by atoms with Crippen molar-refractivity contribution in [1.29, 1.82) is 0 Å². The maximum atomic E-state index is 13.0. The van der Waals surface area contributed by atoms with Crippen molar-refractivity contribution in [2.24, 2.45) is 4.40 Å². The molecule has 0 saturated carbocycles. The first-order chi connectivity index (χ1) is 15.2. The van der Waals surface area contributed by atoms with Gasteiger partial charge in [0.2, 0.25) is 5.78 Å². The number of allylic oxidation sites excluding steroid dienone is 2. The summed E-state index contributed by atoms with van der Waals surface area (Å²) >= 11 is 3.27.